The van der Waals surface area contributed by atoms with Crippen LogP contribution in [-0.4, -0.2) is 16.8 Å². The molecule has 2 N–H and O–H groups in total. The minimum atomic E-state index is -1.01. The summed E-state index contributed by atoms with van der Waals surface area (Å²) in [4.78, 5) is 10.2. The number of rotatable bonds is 1. The van der Waals surface area contributed by atoms with Crippen LogP contribution in [0.4, 0.5) is 0 Å². The second-order valence-electron chi connectivity index (χ2n) is 1.86. The van der Waals surface area contributed by atoms with E-state index in [1.54, 1.807) is 0 Å². The van der Waals surface area contributed by atoms with Crippen LogP contribution in [-0.2, 0) is 4.79 Å². The molecule has 3 nitrogen and oxygen atoms in total. The highest BCUT2D eigenvalue weighted by atomic mass is 16.4. The molecule has 0 aromatic heterocycles. The fourth-order valence-electron chi connectivity index (χ4n) is 0.590. The molecular weight excluding hydrogens is 130 g/mol. The lowest BCUT2D eigenvalue weighted by molar-refractivity contribution is -0.132. The van der Waals surface area contributed by atoms with Crippen molar-refractivity contribution in [1.82, 2.24) is 0 Å². The number of carboxylic acid groups (broad SMARTS) is 1. The fourth-order valence-corrected chi connectivity index (χ4v) is 0.590. The first kappa shape index (κ1) is 6.56. The van der Waals surface area contributed by atoms with E-state index in [1.165, 1.54) is 6.08 Å². The van der Waals surface area contributed by atoms with Crippen molar-refractivity contribution in [3.8, 4) is 11.8 Å². The zero-order valence-corrected chi connectivity index (χ0v) is 5.14. The van der Waals surface area contributed by atoms with Crippen molar-refractivity contribution in [1.29, 1.82) is 5.41 Å². The largest absolute Gasteiger partial charge is 0.477 e. The standard InChI is InChI=1S/C7H5NO2/c8-6-3-1-5(2-4-6)7(9)10/h1,8H,3H2,(H,9,10). The molecule has 0 fully saturated rings. The first-order valence-corrected chi connectivity index (χ1v) is 2.73. The quantitative estimate of drug-likeness (QED) is 0.512. The van der Waals surface area contributed by atoms with Crippen LogP contribution in [0.15, 0.2) is 11.6 Å². The summed E-state index contributed by atoms with van der Waals surface area (Å²) in [6.07, 6.45) is 1.79. The van der Waals surface area contributed by atoms with Crippen molar-refractivity contribution in [3.05, 3.63) is 11.6 Å². The predicted octanol–water partition coefficient (Wildman–Crippen LogP) is 0.424. The Balaban J connectivity index is 2.85. The van der Waals surface area contributed by atoms with Gasteiger partial charge in [-0.3, -0.25) is 5.41 Å². The van der Waals surface area contributed by atoms with Crippen molar-refractivity contribution < 1.29 is 9.90 Å². The van der Waals surface area contributed by atoms with E-state index < -0.39 is 5.97 Å². The third kappa shape index (κ3) is 1.23. The van der Waals surface area contributed by atoms with Crippen LogP contribution in [0.25, 0.3) is 0 Å². The molecule has 10 heavy (non-hydrogen) atoms. The SMILES string of the molecule is N=C1C#CC(C(=O)O)=CC1. The molecule has 0 unspecified atom stereocenters. The molecule has 3 heteroatoms. The van der Waals surface area contributed by atoms with Crippen LogP contribution in [0, 0.1) is 17.3 Å². The molecule has 0 aliphatic heterocycles. The summed E-state index contributed by atoms with van der Waals surface area (Å²) in [5.74, 6) is 3.74. The van der Waals surface area contributed by atoms with Gasteiger partial charge in [0.05, 0.1) is 5.71 Å². The maximum atomic E-state index is 10.2. The number of aliphatic carboxylic acids is 1. The highest BCUT2D eigenvalue weighted by Crippen LogP contribution is 2.00. The molecule has 0 saturated carbocycles. The molecule has 0 bridgehead atoms. The predicted molar refractivity (Wildman–Crippen MR) is 35.8 cm³/mol. The molecule has 1 aliphatic rings. The summed E-state index contributed by atoms with van der Waals surface area (Å²) in [5.41, 5.74) is 0.362. The molecule has 1 rings (SSSR count). The molecule has 0 spiro atoms. The number of carbonyl (C=O) groups is 1. The summed E-state index contributed by atoms with van der Waals surface area (Å²) in [6, 6.07) is 0. The molecule has 0 amide bonds. The third-order valence-corrected chi connectivity index (χ3v) is 1.09. The molecule has 0 saturated heterocycles. The first-order valence-electron chi connectivity index (χ1n) is 2.73. The van der Waals surface area contributed by atoms with Gasteiger partial charge in [-0.2, -0.15) is 0 Å². The van der Waals surface area contributed by atoms with E-state index in [4.69, 9.17) is 10.5 Å². The van der Waals surface area contributed by atoms with Crippen molar-refractivity contribution in [2.45, 2.75) is 6.42 Å². The zero-order valence-electron chi connectivity index (χ0n) is 5.14. The third-order valence-electron chi connectivity index (χ3n) is 1.09. The van der Waals surface area contributed by atoms with Gasteiger partial charge in [-0.25, -0.2) is 4.79 Å². The topological polar surface area (TPSA) is 61.2 Å². The monoisotopic (exact) mass is 135 g/mol. The summed E-state index contributed by atoms with van der Waals surface area (Å²) in [7, 11) is 0. The maximum absolute atomic E-state index is 10.2. The highest BCUT2D eigenvalue weighted by molar-refractivity contribution is 6.05. The fraction of sp³-hybridized carbons (Fsp3) is 0.143. The number of hydrogen-bond donors (Lipinski definition) is 2. The van der Waals surface area contributed by atoms with Crippen LogP contribution in [0.2, 0.25) is 0 Å². The second kappa shape index (κ2) is 2.36. The minimum absolute atomic E-state index is 0.0935. The van der Waals surface area contributed by atoms with E-state index in [1.807, 2.05) is 0 Å². The van der Waals surface area contributed by atoms with E-state index in [0.717, 1.165) is 0 Å². The van der Waals surface area contributed by atoms with Gasteiger partial charge in [0, 0.05) is 6.42 Å². The molecule has 0 radical (unpaired) electrons. The Bertz CT molecular complexity index is 278. The van der Waals surface area contributed by atoms with Gasteiger partial charge in [0.25, 0.3) is 0 Å². The van der Waals surface area contributed by atoms with E-state index in [0.29, 0.717) is 6.42 Å². The Kier molecular flexibility index (Phi) is 1.55. The number of hydrogen-bond acceptors (Lipinski definition) is 2. The van der Waals surface area contributed by atoms with Crippen molar-refractivity contribution >= 4 is 11.7 Å². The van der Waals surface area contributed by atoms with Gasteiger partial charge in [0.1, 0.15) is 5.57 Å². The van der Waals surface area contributed by atoms with Gasteiger partial charge < -0.3 is 5.11 Å². The Hall–Kier alpha value is -1.56. The van der Waals surface area contributed by atoms with Crippen LogP contribution >= 0.6 is 0 Å². The average Bonchev–Trinajstić information content (AvgIpc) is 1.88. The highest BCUT2D eigenvalue weighted by Gasteiger charge is 2.06. The van der Waals surface area contributed by atoms with Gasteiger partial charge in [0.15, 0.2) is 0 Å². The summed E-state index contributed by atoms with van der Waals surface area (Å²) in [6.45, 7) is 0. The molecule has 1 aliphatic carbocycles. The number of nitrogens with one attached hydrogen (secondary N) is 1. The van der Waals surface area contributed by atoms with Gasteiger partial charge in [-0.15, -0.1) is 0 Å². The Morgan fingerprint density at radius 2 is 2.40 bits per heavy atom. The van der Waals surface area contributed by atoms with E-state index >= 15 is 0 Å². The van der Waals surface area contributed by atoms with Gasteiger partial charge >= 0.3 is 5.97 Å². The van der Waals surface area contributed by atoms with Crippen LogP contribution < -0.4 is 0 Å². The lowest BCUT2D eigenvalue weighted by Gasteiger charge is -1.96. The zero-order chi connectivity index (χ0) is 7.56. The average molecular weight is 135 g/mol. The van der Waals surface area contributed by atoms with Crippen molar-refractivity contribution in [2.24, 2.45) is 0 Å². The lowest BCUT2D eigenvalue weighted by atomic mass is 10.1. The first-order chi connectivity index (χ1) is 4.70. The number of carboxylic acids is 1. The van der Waals surface area contributed by atoms with Crippen LogP contribution in [0.5, 0.6) is 0 Å². The molecule has 0 atom stereocenters. The lowest BCUT2D eigenvalue weighted by Crippen LogP contribution is -2.03. The minimum Gasteiger partial charge on any atom is -0.477 e. The van der Waals surface area contributed by atoms with E-state index in [-0.39, 0.29) is 11.3 Å². The Morgan fingerprint density at radius 1 is 1.70 bits per heavy atom. The molecule has 50 valence electrons. The summed E-state index contributed by atoms with van der Waals surface area (Å²) < 4.78 is 0. The number of allylic oxidation sites excluding steroid dienone is 1. The Labute approximate surface area is 57.9 Å². The van der Waals surface area contributed by atoms with Gasteiger partial charge in [-0.1, -0.05) is 12.0 Å². The van der Waals surface area contributed by atoms with Gasteiger partial charge in [0.2, 0.25) is 0 Å². The molecule has 0 aromatic rings. The molecule has 0 heterocycles. The van der Waals surface area contributed by atoms with Crippen LogP contribution in [0.3, 0.4) is 0 Å². The normalized spacial score (nSPS) is 15.2. The van der Waals surface area contributed by atoms with Crippen molar-refractivity contribution in [3.63, 3.8) is 0 Å². The second-order valence-corrected chi connectivity index (χ2v) is 1.86. The maximum Gasteiger partial charge on any atom is 0.343 e. The smallest absolute Gasteiger partial charge is 0.343 e. The molecule has 0 aromatic carbocycles. The Morgan fingerprint density at radius 3 is 2.80 bits per heavy atom. The van der Waals surface area contributed by atoms with Crippen LogP contribution in [0.1, 0.15) is 6.42 Å². The van der Waals surface area contributed by atoms with Crippen molar-refractivity contribution in [2.75, 3.05) is 0 Å². The van der Waals surface area contributed by atoms with E-state index in [9.17, 15) is 4.79 Å². The molecular formula is C7H5NO2. The summed E-state index contributed by atoms with van der Waals surface area (Å²) >= 11 is 0. The summed E-state index contributed by atoms with van der Waals surface area (Å²) in [5, 5.41) is 15.4. The van der Waals surface area contributed by atoms with E-state index in [2.05, 4.69) is 11.8 Å². The van der Waals surface area contributed by atoms with Gasteiger partial charge in [-0.05, 0) is 5.92 Å².